The van der Waals surface area contributed by atoms with Gasteiger partial charge in [-0.1, -0.05) is 13.8 Å². The molecule has 0 spiro atoms. The van der Waals surface area contributed by atoms with E-state index in [1.807, 2.05) is 13.8 Å². The van der Waals surface area contributed by atoms with E-state index in [0.29, 0.717) is 51.6 Å². The molecule has 140 valence electrons. The van der Waals surface area contributed by atoms with Crippen LogP contribution in [0.5, 0.6) is 0 Å². The minimum absolute atomic E-state index is 0.0486. The van der Waals surface area contributed by atoms with E-state index in [9.17, 15) is 17.6 Å². The van der Waals surface area contributed by atoms with Crippen LogP contribution >= 0.6 is 0 Å². The topological polar surface area (TPSA) is 69.7 Å². The smallest absolute Gasteiger partial charge is 0.243 e. The fourth-order valence-corrected chi connectivity index (χ4v) is 4.17. The van der Waals surface area contributed by atoms with Crippen LogP contribution in [-0.2, 0) is 14.8 Å². The van der Waals surface area contributed by atoms with Gasteiger partial charge in [0.15, 0.2) is 0 Å². The van der Waals surface area contributed by atoms with Crippen molar-refractivity contribution in [2.45, 2.75) is 25.2 Å². The second-order valence-corrected chi connectivity index (χ2v) is 8.59. The first-order valence-electron chi connectivity index (χ1n) is 8.54. The maximum Gasteiger partial charge on any atom is 0.243 e. The molecule has 1 saturated heterocycles. The van der Waals surface area contributed by atoms with Crippen molar-refractivity contribution in [2.75, 3.05) is 39.3 Å². The number of hydrogen-bond acceptors (Lipinski definition) is 4. The first kappa shape index (κ1) is 19.8. The third kappa shape index (κ3) is 5.76. The molecule has 1 heterocycles. The van der Waals surface area contributed by atoms with Crippen LogP contribution in [0.4, 0.5) is 4.39 Å². The molecule has 8 heteroatoms. The number of nitrogens with one attached hydrogen (secondary N) is 1. The van der Waals surface area contributed by atoms with Gasteiger partial charge >= 0.3 is 0 Å². The number of carbonyl (C=O) groups excluding carboxylic acids is 1. The lowest BCUT2D eigenvalue weighted by Gasteiger charge is -2.34. The van der Waals surface area contributed by atoms with Gasteiger partial charge in [0.2, 0.25) is 15.9 Å². The van der Waals surface area contributed by atoms with E-state index in [-0.39, 0.29) is 10.8 Å². The van der Waals surface area contributed by atoms with Gasteiger partial charge in [-0.05, 0) is 30.2 Å². The number of amides is 1. The van der Waals surface area contributed by atoms with E-state index < -0.39 is 15.8 Å². The Kier molecular flexibility index (Phi) is 6.92. The molecule has 0 aromatic heterocycles. The fraction of sp³-hybridized carbons (Fsp3) is 0.588. The normalized spacial score (nSPS) is 17.0. The van der Waals surface area contributed by atoms with Crippen molar-refractivity contribution in [1.82, 2.24) is 14.5 Å². The lowest BCUT2D eigenvalue weighted by atomic mass is 10.1. The Bertz CT molecular complexity index is 669. The first-order valence-corrected chi connectivity index (χ1v) is 9.98. The summed E-state index contributed by atoms with van der Waals surface area (Å²) in [4.78, 5) is 13.9. The fourth-order valence-electron chi connectivity index (χ4n) is 2.75. The predicted octanol–water partition coefficient (Wildman–Crippen LogP) is 1.29. The van der Waals surface area contributed by atoms with E-state index in [2.05, 4.69) is 10.2 Å². The van der Waals surface area contributed by atoms with Crippen LogP contribution in [0.3, 0.4) is 0 Å². The average molecular weight is 371 g/mol. The molecule has 1 aliphatic heterocycles. The van der Waals surface area contributed by atoms with Gasteiger partial charge in [0.1, 0.15) is 5.82 Å². The Morgan fingerprint density at radius 3 is 2.32 bits per heavy atom. The molecule has 2 rings (SSSR count). The van der Waals surface area contributed by atoms with Gasteiger partial charge in [-0.2, -0.15) is 4.31 Å². The highest BCUT2D eigenvalue weighted by Gasteiger charge is 2.28. The van der Waals surface area contributed by atoms with Crippen molar-refractivity contribution in [3.8, 4) is 0 Å². The number of nitrogens with zero attached hydrogens (tertiary/aromatic N) is 2. The molecule has 6 nitrogen and oxygen atoms in total. The molecule has 1 amide bonds. The third-order valence-corrected chi connectivity index (χ3v) is 6.04. The van der Waals surface area contributed by atoms with Gasteiger partial charge in [-0.25, -0.2) is 12.8 Å². The van der Waals surface area contributed by atoms with Gasteiger partial charge in [0.05, 0.1) is 4.90 Å². The molecule has 0 radical (unpaired) electrons. The number of sulfonamides is 1. The van der Waals surface area contributed by atoms with E-state index in [1.165, 1.54) is 16.4 Å². The van der Waals surface area contributed by atoms with E-state index in [4.69, 9.17) is 0 Å². The quantitative estimate of drug-likeness (QED) is 0.784. The van der Waals surface area contributed by atoms with Crippen molar-refractivity contribution in [1.29, 1.82) is 0 Å². The van der Waals surface area contributed by atoms with Gasteiger partial charge in [-0.3, -0.25) is 9.69 Å². The van der Waals surface area contributed by atoms with Crippen molar-refractivity contribution >= 4 is 15.9 Å². The Morgan fingerprint density at radius 2 is 1.76 bits per heavy atom. The molecular weight excluding hydrogens is 345 g/mol. The average Bonchev–Trinajstić information content (AvgIpc) is 2.55. The minimum Gasteiger partial charge on any atom is -0.355 e. The monoisotopic (exact) mass is 371 g/mol. The van der Waals surface area contributed by atoms with E-state index >= 15 is 0 Å². The number of halogens is 1. The van der Waals surface area contributed by atoms with Gasteiger partial charge in [0.25, 0.3) is 0 Å². The molecule has 1 aliphatic rings. The van der Waals surface area contributed by atoms with Crippen LogP contribution in [0.1, 0.15) is 20.3 Å². The molecular formula is C17H26FN3O3S. The van der Waals surface area contributed by atoms with Crippen molar-refractivity contribution in [3.05, 3.63) is 30.1 Å². The SMILES string of the molecule is CC(C)CC(=O)NCCN1CCN(S(=O)(=O)c2ccc(F)cc2)CC1. The summed E-state index contributed by atoms with van der Waals surface area (Å²) in [5.41, 5.74) is 0. The first-order chi connectivity index (χ1) is 11.8. The van der Waals surface area contributed by atoms with Gasteiger partial charge in [-0.15, -0.1) is 0 Å². The summed E-state index contributed by atoms with van der Waals surface area (Å²) >= 11 is 0. The Hall–Kier alpha value is -1.51. The van der Waals surface area contributed by atoms with Gasteiger partial charge in [0, 0.05) is 45.7 Å². The van der Waals surface area contributed by atoms with Crippen LogP contribution in [0.15, 0.2) is 29.2 Å². The zero-order valence-electron chi connectivity index (χ0n) is 14.7. The number of carbonyl (C=O) groups is 1. The number of hydrogen-bond donors (Lipinski definition) is 1. The summed E-state index contributed by atoms with van der Waals surface area (Å²) in [5.74, 6) is -0.0731. The maximum atomic E-state index is 13.0. The Labute approximate surface area is 149 Å². The molecule has 25 heavy (non-hydrogen) atoms. The molecule has 0 aliphatic carbocycles. The van der Waals surface area contributed by atoms with Gasteiger partial charge < -0.3 is 5.32 Å². The molecule has 1 N–H and O–H groups in total. The number of rotatable bonds is 7. The summed E-state index contributed by atoms with van der Waals surface area (Å²) in [5, 5.41) is 2.89. The summed E-state index contributed by atoms with van der Waals surface area (Å²) in [6.07, 6.45) is 0.518. The van der Waals surface area contributed by atoms with E-state index in [1.54, 1.807) is 0 Å². The summed E-state index contributed by atoms with van der Waals surface area (Å²) in [6.45, 7) is 7.27. The maximum absolute atomic E-state index is 13.0. The largest absolute Gasteiger partial charge is 0.355 e. The zero-order chi connectivity index (χ0) is 18.4. The lowest BCUT2D eigenvalue weighted by molar-refractivity contribution is -0.121. The molecule has 0 saturated carbocycles. The summed E-state index contributed by atoms with van der Waals surface area (Å²) < 4.78 is 39.5. The highest BCUT2D eigenvalue weighted by Crippen LogP contribution is 2.17. The zero-order valence-corrected chi connectivity index (χ0v) is 15.6. The second kappa shape index (κ2) is 8.73. The van der Waals surface area contributed by atoms with E-state index in [0.717, 1.165) is 12.1 Å². The Balaban J connectivity index is 1.79. The Morgan fingerprint density at radius 1 is 1.16 bits per heavy atom. The summed E-state index contributed by atoms with van der Waals surface area (Å²) in [6, 6.07) is 4.90. The standard InChI is InChI=1S/C17H26FN3O3S/c1-14(2)13-17(22)19-7-8-20-9-11-21(12-10-20)25(23,24)16-5-3-15(18)4-6-16/h3-6,14H,7-13H2,1-2H3,(H,19,22). The lowest BCUT2D eigenvalue weighted by Crippen LogP contribution is -2.50. The van der Waals surface area contributed by atoms with Crippen LogP contribution < -0.4 is 5.32 Å². The van der Waals surface area contributed by atoms with Crippen LogP contribution in [0.2, 0.25) is 0 Å². The molecule has 1 aromatic carbocycles. The van der Waals surface area contributed by atoms with Crippen molar-refractivity contribution < 1.29 is 17.6 Å². The number of piperazine rings is 1. The molecule has 1 fully saturated rings. The minimum atomic E-state index is -3.58. The highest BCUT2D eigenvalue weighted by atomic mass is 32.2. The van der Waals surface area contributed by atoms with Crippen molar-refractivity contribution in [2.24, 2.45) is 5.92 Å². The number of benzene rings is 1. The molecule has 0 bridgehead atoms. The molecule has 1 aromatic rings. The van der Waals surface area contributed by atoms with Crippen LogP contribution in [0.25, 0.3) is 0 Å². The predicted molar refractivity (Wildman–Crippen MR) is 94.1 cm³/mol. The van der Waals surface area contributed by atoms with Crippen LogP contribution in [0, 0.1) is 11.7 Å². The molecule has 0 unspecified atom stereocenters. The highest BCUT2D eigenvalue weighted by molar-refractivity contribution is 7.89. The third-order valence-electron chi connectivity index (χ3n) is 4.13. The summed E-state index contributed by atoms with van der Waals surface area (Å²) in [7, 11) is -3.58. The van der Waals surface area contributed by atoms with Crippen LogP contribution in [-0.4, -0.2) is 62.8 Å². The molecule has 0 atom stereocenters. The second-order valence-electron chi connectivity index (χ2n) is 6.65. The van der Waals surface area contributed by atoms with Crippen molar-refractivity contribution in [3.63, 3.8) is 0 Å².